The van der Waals surface area contributed by atoms with Crippen molar-refractivity contribution in [2.24, 2.45) is 4.99 Å². The third-order valence-electron chi connectivity index (χ3n) is 3.89. The molecule has 2 aromatic rings. The molecule has 0 bridgehead atoms. The van der Waals surface area contributed by atoms with Gasteiger partial charge in [-0.1, -0.05) is 6.07 Å². The Kier molecular flexibility index (Phi) is 9.86. The quantitative estimate of drug-likeness (QED) is 0.338. The van der Waals surface area contributed by atoms with E-state index in [9.17, 15) is 0 Å². The van der Waals surface area contributed by atoms with E-state index < -0.39 is 0 Å². The Bertz CT molecular complexity index is 599. The number of guanidine groups is 1. The summed E-state index contributed by atoms with van der Waals surface area (Å²) < 4.78 is 10.5. The maximum absolute atomic E-state index is 5.38. The SMILES string of the molecule is COCCCN(C)CCNC(=NCc1cccs1)NCCc1ccco1. The molecule has 0 fully saturated rings. The lowest BCUT2D eigenvalue weighted by atomic mass is 10.3. The van der Waals surface area contributed by atoms with Crippen molar-refractivity contribution < 1.29 is 9.15 Å². The number of thiophene rings is 1. The van der Waals surface area contributed by atoms with E-state index in [1.807, 2.05) is 12.1 Å². The summed E-state index contributed by atoms with van der Waals surface area (Å²) in [7, 11) is 3.87. The molecule has 144 valence electrons. The van der Waals surface area contributed by atoms with Gasteiger partial charge in [-0.2, -0.15) is 0 Å². The van der Waals surface area contributed by atoms with Crippen LogP contribution in [0.5, 0.6) is 0 Å². The van der Waals surface area contributed by atoms with Gasteiger partial charge in [0.1, 0.15) is 5.76 Å². The summed E-state index contributed by atoms with van der Waals surface area (Å²) in [5.41, 5.74) is 0. The van der Waals surface area contributed by atoms with E-state index in [2.05, 4.69) is 40.1 Å². The summed E-state index contributed by atoms with van der Waals surface area (Å²) in [5, 5.41) is 8.90. The molecule has 0 unspecified atom stereocenters. The van der Waals surface area contributed by atoms with Gasteiger partial charge in [0.05, 0.1) is 12.8 Å². The minimum absolute atomic E-state index is 0.692. The van der Waals surface area contributed by atoms with Gasteiger partial charge in [0, 0.05) is 51.2 Å². The maximum Gasteiger partial charge on any atom is 0.191 e. The predicted molar refractivity (Wildman–Crippen MR) is 108 cm³/mol. The second kappa shape index (κ2) is 12.5. The minimum atomic E-state index is 0.692. The van der Waals surface area contributed by atoms with Gasteiger partial charge in [-0.25, -0.2) is 4.99 Å². The zero-order valence-corrected chi connectivity index (χ0v) is 16.6. The molecule has 2 heterocycles. The van der Waals surface area contributed by atoms with Gasteiger partial charge >= 0.3 is 0 Å². The smallest absolute Gasteiger partial charge is 0.191 e. The van der Waals surface area contributed by atoms with Crippen molar-refractivity contribution in [1.29, 1.82) is 0 Å². The Labute approximate surface area is 160 Å². The fourth-order valence-corrected chi connectivity index (χ4v) is 3.08. The molecular formula is C19H30N4O2S. The first kappa shape index (κ1) is 20.5. The molecule has 0 amide bonds. The van der Waals surface area contributed by atoms with E-state index in [0.717, 1.165) is 57.3 Å². The Morgan fingerprint density at radius 2 is 2.12 bits per heavy atom. The first-order valence-electron chi connectivity index (χ1n) is 9.02. The second-order valence-electron chi connectivity index (χ2n) is 6.08. The zero-order valence-electron chi connectivity index (χ0n) is 15.7. The van der Waals surface area contributed by atoms with Crippen molar-refractivity contribution in [3.05, 3.63) is 46.5 Å². The van der Waals surface area contributed by atoms with Crippen molar-refractivity contribution in [3.8, 4) is 0 Å². The van der Waals surface area contributed by atoms with E-state index >= 15 is 0 Å². The van der Waals surface area contributed by atoms with Crippen LogP contribution in [-0.4, -0.2) is 57.8 Å². The summed E-state index contributed by atoms with van der Waals surface area (Å²) in [5.74, 6) is 1.82. The number of hydrogen-bond acceptors (Lipinski definition) is 5. The van der Waals surface area contributed by atoms with Gasteiger partial charge in [-0.15, -0.1) is 11.3 Å². The molecule has 26 heavy (non-hydrogen) atoms. The number of nitrogens with zero attached hydrogens (tertiary/aromatic N) is 2. The summed E-state index contributed by atoms with van der Waals surface area (Å²) in [6.45, 7) is 5.12. The highest BCUT2D eigenvalue weighted by Crippen LogP contribution is 2.09. The average molecular weight is 379 g/mol. The highest BCUT2D eigenvalue weighted by atomic mass is 32.1. The summed E-state index contributed by atoms with van der Waals surface area (Å²) in [6.07, 6.45) is 3.59. The van der Waals surface area contributed by atoms with Crippen molar-refractivity contribution in [2.45, 2.75) is 19.4 Å². The molecule has 0 aromatic carbocycles. The number of ether oxygens (including phenoxy) is 1. The second-order valence-corrected chi connectivity index (χ2v) is 7.11. The fraction of sp³-hybridized carbons (Fsp3) is 0.526. The molecule has 2 N–H and O–H groups in total. The molecule has 7 heteroatoms. The van der Waals surface area contributed by atoms with E-state index in [1.54, 1.807) is 24.7 Å². The lowest BCUT2D eigenvalue weighted by molar-refractivity contribution is 0.180. The number of aliphatic imine (C=N–C) groups is 1. The predicted octanol–water partition coefficient (Wildman–Crippen LogP) is 2.59. The Hall–Kier alpha value is -1.83. The van der Waals surface area contributed by atoms with Crippen molar-refractivity contribution in [2.75, 3.05) is 46.9 Å². The topological polar surface area (TPSA) is 62.0 Å². The lowest BCUT2D eigenvalue weighted by Crippen LogP contribution is -2.42. The van der Waals surface area contributed by atoms with Gasteiger partial charge in [-0.3, -0.25) is 0 Å². The Balaban J connectivity index is 1.75. The highest BCUT2D eigenvalue weighted by Gasteiger charge is 2.03. The lowest BCUT2D eigenvalue weighted by Gasteiger charge is -2.18. The first-order chi connectivity index (χ1) is 12.8. The van der Waals surface area contributed by atoms with Gasteiger partial charge in [-0.05, 0) is 37.0 Å². The molecule has 0 aliphatic carbocycles. The van der Waals surface area contributed by atoms with Crippen LogP contribution < -0.4 is 10.6 Å². The fourth-order valence-electron chi connectivity index (χ4n) is 2.45. The van der Waals surface area contributed by atoms with E-state index in [-0.39, 0.29) is 0 Å². The third kappa shape index (κ3) is 8.51. The van der Waals surface area contributed by atoms with Crippen LogP contribution in [0.4, 0.5) is 0 Å². The molecule has 0 atom stereocenters. The van der Waals surface area contributed by atoms with Crippen LogP contribution >= 0.6 is 11.3 Å². The van der Waals surface area contributed by atoms with E-state index in [1.165, 1.54) is 4.88 Å². The van der Waals surface area contributed by atoms with Crippen LogP contribution in [0, 0.1) is 0 Å². The molecule has 6 nitrogen and oxygen atoms in total. The van der Waals surface area contributed by atoms with Crippen LogP contribution in [0.1, 0.15) is 17.1 Å². The monoisotopic (exact) mass is 378 g/mol. The van der Waals surface area contributed by atoms with Crippen LogP contribution in [0.25, 0.3) is 0 Å². The molecule has 0 spiro atoms. The molecule has 0 saturated heterocycles. The molecule has 2 rings (SSSR count). The summed E-state index contributed by atoms with van der Waals surface area (Å²) >= 11 is 1.73. The zero-order chi connectivity index (χ0) is 18.5. The van der Waals surface area contributed by atoms with Gasteiger partial charge in [0.15, 0.2) is 5.96 Å². The van der Waals surface area contributed by atoms with E-state index in [0.29, 0.717) is 6.54 Å². The Morgan fingerprint density at radius 3 is 2.85 bits per heavy atom. The molecule has 0 radical (unpaired) electrons. The van der Waals surface area contributed by atoms with Crippen molar-refractivity contribution in [1.82, 2.24) is 15.5 Å². The van der Waals surface area contributed by atoms with Gasteiger partial charge < -0.3 is 24.7 Å². The average Bonchev–Trinajstić information content (AvgIpc) is 3.33. The van der Waals surface area contributed by atoms with Crippen LogP contribution in [-0.2, 0) is 17.7 Å². The molecule has 0 saturated carbocycles. The molecule has 0 aliphatic rings. The Morgan fingerprint density at radius 1 is 1.23 bits per heavy atom. The standard InChI is InChI=1S/C19H30N4O2S/c1-23(11-5-13-24-2)12-10-21-19(22-16-18-7-4-15-26-18)20-9-8-17-6-3-14-25-17/h3-4,6-7,14-15H,5,8-13,16H2,1-2H3,(H2,20,21,22). The normalized spacial score (nSPS) is 11.9. The van der Waals surface area contributed by atoms with Crippen LogP contribution in [0.3, 0.4) is 0 Å². The van der Waals surface area contributed by atoms with Crippen LogP contribution in [0.2, 0.25) is 0 Å². The van der Waals surface area contributed by atoms with E-state index in [4.69, 9.17) is 14.1 Å². The number of likely N-dealkylation sites (N-methyl/N-ethyl adjacent to an activating group) is 1. The third-order valence-corrected chi connectivity index (χ3v) is 4.75. The minimum Gasteiger partial charge on any atom is -0.469 e. The van der Waals surface area contributed by atoms with Crippen LogP contribution in [0.15, 0.2) is 45.3 Å². The maximum atomic E-state index is 5.38. The van der Waals surface area contributed by atoms with Crippen molar-refractivity contribution in [3.63, 3.8) is 0 Å². The summed E-state index contributed by atoms with van der Waals surface area (Å²) in [6, 6.07) is 8.07. The number of rotatable bonds is 12. The first-order valence-corrected chi connectivity index (χ1v) is 9.90. The molecular weight excluding hydrogens is 348 g/mol. The molecule has 0 aliphatic heterocycles. The highest BCUT2D eigenvalue weighted by molar-refractivity contribution is 7.09. The van der Waals surface area contributed by atoms with Crippen molar-refractivity contribution >= 4 is 17.3 Å². The largest absolute Gasteiger partial charge is 0.469 e. The number of nitrogens with one attached hydrogen (secondary N) is 2. The van der Waals surface area contributed by atoms with Gasteiger partial charge in [0.25, 0.3) is 0 Å². The number of methoxy groups -OCH3 is 1. The van der Waals surface area contributed by atoms with Gasteiger partial charge in [0.2, 0.25) is 0 Å². The number of furan rings is 1. The molecule has 2 aromatic heterocycles. The number of hydrogen-bond donors (Lipinski definition) is 2. The summed E-state index contributed by atoms with van der Waals surface area (Å²) in [4.78, 5) is 8.25.